The molecule has 1 rings (SSSR count). The minimum Gasteiger partial charge on any atom is -0.298 e. The van der Waals surface area contributed by atoms with Crippen LogP contribution in [0, 0.1) is 6.92 Å². The predicted octanol–water partition coefficient (Wildman–Crippen LogP) is 3.44. The van der Waals surface area contributed by atoms with Crippen molar-refractivity contribution in [2.24, 2.45) is 0 Å². The highest BCUT2D eigenvalue weighted by Crippen LogP contribution is 2.21. The molecule has 0 aliphatic heterocycles. The fourth-order valence-corrected chi connectivity index (χ4v) is 1.51. The normalized spacial score (nSPS) is 10.7. The molecule has 0 saturated heterocycles. The van der Waals surface area contributed by atoms with Gasteiger partial charge in [0.1, 0.15) is 5.78 Å². The number of hydrogen-bond acceptors (Lipinski definition) is 1. The molecule has 1 nitrogen and oxygen atoms in total. The van der Waals surface area contributed by atoms with E-state index in [0.717, 1.165) is 11.1 Å². The quantitative estimate of drug-likeness (QED) is 0.770. The number of hydrogen-bond donors (Lipinski definition) is 0. The summed E-state index contributed by atoms with van der Waals surface area (Å²) in [6.07, 6.45) is -2.16. The van der Waals surface area contributed by atoms with Gasteiger partial charge in [0.25, 0.3) is 6.43 Å². The van der Waals surface area contributed by atoms with Crippen LogP contribution in [0.4, 0.5) is 8.78 Å². The van der Waals surface area contributed by atoms with Crippen LogP contribution in [0.3, 0.4) is 0 Å². The summed E-state index contributed by atoms with van der Waals surface area (Å²) in [6.45, 7) is 1.74. The van der Waals surface area contributed by atoms with Gasteiger partial charge in [-0.05, 0) is 18.1 Å². The molecular weight excluding hydrogens is 266 g/mol. The van der Waals surface area contributed by atoms with Crippen LogP contribution >= 0.6 is 15.9 Å². The Morgan fingerprint density at radius 1 is 1.47 bits per heavy atom. The number of aryl methyl sites for hydroxylation is 1. The summed E-state index contributed by atoms with van der Waals surface area (Å²) in [4.78, 5) is 11.2. The molecule has 1 aromatic carbocycles. The molecule has 0 aromatic heterocycles. The zero-order chi connectivity index (χ0) is 11.4. The molecule has 0 atom stereocenters. The monoisotopic (exact) mass is 276 g/mol. The summed E-state index contributed by atoms with van der Waals surface area (Å²) < 4.78 is 24.7. The van der Waals surface area contributed by atoms with Gasteiger partial charge in [-0.2, -0.15) is 0 Å². The number of ketones is 1. The Morgan fingerprint density at radius 2 is 2.13 bits per heavy atom. The molecular formula is C11H11BrF2O. The number of benzene rings is 1. The van der Waals surface area contributed by atoms with E-state index in [2.05, 4.69) is 15.9 Å². The maximum Gasteiger partial charge on any atom is 0.263 e. The van der Waals surface area contributed by atoms with E-state index in [1.165, 1.54) is 12.1 Å². The van der Waals surface area contributed by atoms with Crippen molar-refractivity contribution in [2.75, 3.05) is 5.33 Å². The van der Waals surface area contributed by atoms with E-state index in [9.17, 15) is 13.6 Å². The number of Topliss-reactive ketones (excluding diaryl/α,β-unsaturated/α-hetero) is 1. The van der Waals surface area contributed by atoms with Crippen LogP contribution in [0.5, 0.6) is 0 Å². The molecule has 0 amide bonds. The summed E-state index contributed by atoms with van der Waals surface area (Å²) >= 11 is 3.06. The zero-order valence-electron chi connectivity index (χ0n) is 8.27. The Morgan fingerprint density at radius 3 is 2.60 bits per heavy atom. The molecule has 0 saturated carbocycles. The Kier molecular flexibility index (Phi) is 4.39. The fraction of sp³-hybridized carbons (Fsp3) is 0.364. The van der Waals surface area contributed by atoms with Crippen molar-refractivity contribution in [2.45, 2.75) is 19.8 Å². The molecule has 1 aromatic rings. The molecule has 0 bridgehead atoms. The van der Waals surface area contributed by atoms with Crippen LogP contribution in [-0.4, -0.2) is 11.1 Å². The molecule has 82 valence electrons. The van der Waals surface area contributed by atoms with E-state index >= 15 is 0 Å². The smallest absolute Gasteiger partial charge is 0.263 e. The van der Waals surface area contributed by atoms with Gasteiger partial charge >= 0.3 is 0 Å². The van der Waals surface area contributed by atoms with E-state index in [1.54, 1.807) is 13.0 Å². The standard InChI is InChI=1S/C11H11BrF2O/c1-7-4-9(11(13)14)3-2-8(7)5-10(15)6-12/h2-4,11H,5-6H2,1H3. The van der Waals surface area contributed by atoms with Crippen molar-refractivity contribution in [1.82, 2.24) is 0 Å². The summed E-state index contributed by atoms with van der Waals surface area (Å²) in [5, 5.41) is 0.295. The molecule has 0 aliphatic carbocycles. The summed E-state index contributed by atoms with van der Waals surface area (Å²) in [7, 11) is 0. The van der Waals surface area contributed by atoms with E-state index in [4.69, 9.17) is 0 Å². The lowest BCUT2D eigenvalue weighted by atomic mass is 10.0. The van der Waals surface area contributed by atoms with Crippen LogP contribution in [0.1, 0.15) is 23.1 Å². The molecule has 0 spiro atoms. The minimum atomic E-state index is -2.45. The predicted molar refractivity (Wildman–Crippen MR) is 58.6 cm³/mol. The first kappa shape index (κ1) is 12.3. The van der Waals surface area contributed by atoms with Gasteiger partial charge in [0.05, 0.1) is 5.33 Å². The largest absolute Gasteiger partial charge is 0.298 e. The summed E-state index contributed by atoms with van der Waals surface area (Å²) in [5.41, 5.74) is 1.55. The van der Waals surface area contributed by atoms with Crippen molar-refractivity contribution in [3.05, 3.63) is 34.9 Å². The maximum absolute atomic E-state index is 12.3. The van der Waals surface area contributed by atoms with E-state index in [1.807, 2.05) is 0 Å². The van der Waals surface area contributed by atoms with Crippen LogP contribution in [0.25, 0.3) is 0 Å². The van der Waals surface area contributed by atoms with Gasteiger partial charge in [0, 0.05) is 12.0 Å². The molecule has 15 heavy (non-hydrogen) atoms. The molecule has 0 N–H and O–H groups in total. The van der Waals surface area contributed by atoms with Gasteiger partial charge in [0.15, 0.2) is 0 Å². The molecule has 0 heterocycles. The fourth-order valence-electron chi connectivity index (χ4n) is 1.31. The van der Waals surface area contributed by atoms with Gasteiger partial charge in [-0.1, -0.05) is 34.1 Å². The minimum absolute atomic E-state index is 0.00235. The Hall–Kier alpha value is -0.770. The third kappa shape index (κ3) is 3.38. The molecule has 0 aliphatic rings. The average molecular weight is 277 g/mol. The molecule has 4 heteroatoms. The SMILES string of the molecule is Cc1cc(C(F)F)ccc1CC(=O)CBr. The van der Waals surface area contributed by atoms with E-state index in [-0.39, 0.29) is 11.3 Å². The number of alkyl halides is 3. The summed E-state index contributed by atoms with van der Waals surface area (Å²) in [6, 6.07) is 4.40. The number of carbonyl (C=O) groups excluding carboxylic acids is 1. The second-order valence-corrected chi connectivity index (χ2v) is 3.90. The van der Waals surface area contributed by atoms with Gasteiger partial charge in [0.2, 0.25) is 0 Å². The third-order valence-electron chi connectivity index (χ3n) is 2.16. The number of carbonyl (C=O) groups is 1. The number of rotatable bonds is 4. The lowest BCUT2D eigenvalue weighted by molar-refractivity contribution is -0.115. The Bertz CT molecular complexity index is 364. The van der Waals surface area contributed by atoms with Crippen LogP contribution in [0.2, 0.25) is 0 Å². The van der Waals surface area contributed by atoms with Crippen molar-refractivity contribution in [3.63, 3.8) is 0 Å². The van der Waals surface area contributed by atoms with Crippen molar-refractivity contribution in [1.29, 1.82) is 0 Å². The van der Waals surface area contributed by atoms with Crippen molar-refractivity contribution < 1.29 is 13.6 Å². The van der Waals surface area contributed by atoms with Crippen molar-refractivity contribution in [3.8, 4) is 0 Å². The van der Waals surface area contributed by atoms with Crippen LogP contribution in [0.15, 0.2) is 18.2 Å². The zero-order valence-corrected chi connectivity index (χ0v) is 9.85. The van der Waals surface area contributed by atoms with Crippen LogP contribution < -0.4 is 0 Å². The average Bonchev–Trinajstić information content (AvgIpc) is 2.20. The Labute approximate surface area is 95.6 Å². The highest BCUT2D eigenvalue weighted by Gasteiger charge is 2.10. The highest BCUT2D eigenvalue weighted by molar-refractivity contribution is 9.09. The lowest BCUT2D eigenvalue weighted by Crippen LogP contribution is -2.05. The van der Waals surface area contributed by atoms with Gasteiger partial charge in [-0.3, -0.25) is 4.79 Å². The van der Waals surface area contributed by atoms with Crippen molar-refractivity contribution >= 4 is 21.7 Å². The molecule has 0 fully saturated rings. The first-order valence-electron chi connectivity index (χ1n) is 4.50. The number of halogens is 3. The maximum atomic E-state index is 12.3. The molecule has 0 unspecified atom stereocenters. The van der Waals surface area contributed by atoms with Gasteiger partial charge in [-0.25, -0.2) is 8.78 Å². The molecule has 0 radical (unpaired) electrons. The first-order valence-corrected chi connectivity index (χ1v) is 5.62. The van der Waals surface area contributed by atoms with Crippen LogP contribution in [-0.2, 0) is 11.2 Å². The highest BCUT2D eigenvalue weighted by atomic mass is 79.9. The second kappa shape index (κ2) is 5.35. The third-order valence-corrected chi connectivity index (χ3v) is 2.78. The Balaban J connectivity index is 2.88. The first-order chi connectivity index (χ1) is 7.04. The summed E-state index contributed by atoms with van der Waals surface area (Å²) in [5.74, 6) is 0.0443. The second-order valence-electron chi connectivity index (χ2n) is 3.34. The van der Waals surface area contributed by atoms with E-state index < -0.39 is 6.43 Å². The topological polar surface area (TPSA) is 17.1 Å². The van der Waals surface area contributed by atoms with Gasteiger partial charge in [-0.15, -0.1) is 0 Å². The lowest BCUT2D eigenvalue weighted by Gasteiger charge is -2.06. The van der Waals surface area contributed by atoms with E-state index in [0.29, 0.717) is 11.8 Å². The van der Waals surface area contributed by atoms with Gasteiger partial charge < -0.3 is 0 Å².